The lowest BCUT2D eigenvalue weighted by Crippen LogP contribution is -2.25. The highest BCUT2D eigenvalue weighted by atomic mass is 16.1. The molecule has 0 amide bonds. The van der Waals surface area contributed by atoms with Crippen LogP contribution in [0.25, 0.3) is 0 Å². The van der Waals surface area contributed by atoms with Crippen LogP contribution in [0.3, 0.4) is 0 Å². The van der Waals surface area contributed by atoms with E-state index in [2.05, 4.69) is 24.3 Å². The van der Waals surface area contributed by atoms with Gasteiger partial charge in [0.25, 0.3) is 0 Å². The van der Waals surface area contributed by atoms with Crippen LogP contribution in [0.15, 0.2) is 12.4 Å². The molecule has 0 fully saturated rings. The predicted molar refractivity (Wildman–Crippen MR) is 64.4 cm³/mol. The Morgan fingerprint density at radius 3 is 2.88 bits per heavy atom. The van der Waals surface area contributed by atoms with Crippen LogP contribution in [0.2, 0.25) is 0 Å². The van der Waals surface area contributed by atoms with Crippen molar-refractivity contribution in [1.29, 1.82) is 0 Å². The van der Waals surface area contributed by atoms with Gasteiger partial charge in [-0.1, -0.05) is 13.8 Å². The molecule has 90 valence electrons. The van der Waals surface area contributed by atoms with Gasteiger partial charge in [-0.3, -0.25) is 9.48 Å². The molecule has 4 nitrogen and oxygen atoms in total. The quantitative estimate of drug-likeness (QED) is 0.760. The largest absolute Gasteiger partial charge is 0.314 e. The molecule has 0 aliphatic carbocycles. The van der Waals surface area contributed by atoms with Crippen LogP contribution in [0.4, 0.5) is 0 Å². The van der Waals surface area contributed by atoms with E-state index in [9.17, 15) is 4.79 Å². The highest BCUT2D eigenvalue weighted by Crippen LogP contribution is 2.01. The number of carbonyl (C=O) groups excluding carboxylic acids is 1. The standard InChI is InChI=1S/C12H21N3O/c1-4-15-9-11(8-14-15)7-12(16)5-6-13-10(2)3/h8-10,13H,4-7H2,1-3H3. The SMILES string of the molecule is CCn1cc(CC(=O)CCNC(C)C)cn1. The van der Waals surface area contributed by atoms with Gasteiger partial charge in [0, 0.05) is 38.2 Å². The summed E-state index contributed by atoms with van der Waals surface area (Å²) in [7, 11) is 0. The molecule has 4 heteroatoms. The Hall–Kier alpha value is -1.16. The van der Waals surface area contributed by atoms with Crippen LogP contribution < -0.4 is 5.32 Å². The van der Waals surface area contributed by atoms with Crippen LogP contribution in [-0.2, 0) is 17.8 Å². The smallest absolute Gasteiger partial charge is 0.138 e. The highest BCUT2D eigenvalue weighted by molar-refractivity contribution is 5.80. The Morgan fingerprint density at radius 1 is 1.56 bits per heavy atom. The van der Waals surface area contributed by atoms with E-state index < -0.39 is 0 Å². The minimum Gasteiger partial charge on any atom is -0.314 e. The number of carbonyl (C=O) groups is 1. The third kappa shape index (κ3) is 4.57. The molecule has 0 atom stereocenters. The molecule has 1 aromatic heterocycles. The van der Waals surface area contributed by atoms with Gasteiger partial charge in [0.05, 0.1) is 6.20 Å². The van der Waals surface area contributed by atoms with Crippen molar-refractivity contribution in [3.63, 3.8) is 0 Å². The lowest BCUT2D eigenvalue weighted by Gasteiger charge is -2.06. The Balaban J connectivity index is 2.28. The van der Waals surface area contributed by atoms with Gasteiger partial charge in [-0.2, -0.15) is 5.10 Å². The Kier molecular flexibility index (Phi) is 5.19. The number of aryl methyl sites for hydroxylation is 1. The van der Waals surface area contributed by atoms with Gasteiger partial charge in [-0.25, -0.2) is 0 Å². The van der Waals surface area contributed by atoms with Crippen LogP contribution >= 0.6 is 0 Å². The Bertz CT molecular complexity index is 331. The number of ketones is 1. The zero-order chi connectivity index (χ0) is 12.0. The number of nitrogens with zero attached hydrogens (tertiary/aromatic N) is 2. The minimum atomic E-state index is 0.267. The monoisotopic (exact) mass is 223 g/mol. The van der Waals surface area contributed by atoms with E-state index in [0.717, 1.165) is 18.7 Å². The molecule has 1 N–H and O–H groups in total. The van der Waals surface area contributed by atoms with Crippen molar-refractivity contribution < 1.29 is 4.79 Å². The molecule has 0 aromatic carbocycles. The Morgan fingerprint density at radius 2 is 2.31 bits per heavy atom. The average molecular weight is 223 g/mol. The van der Waals surface area contributed by atoms with Crippen molar-refractivity contribution in [2.75, 3.05) is 6.54 Å². The van der Waals surface area contributed by atoms with Gasteiger partial charge < -0.3 is 5.32 Å². The molecule has 0 radical (unpaired) electrons. The Labute approximate surface area is 97.0 Å². The summed E-state index contributed by atoms with van der Waals surface area (Å²) >= 11 is 0. The maximum atomic E-state index is 11.6. The summed E-state index contributed by atoms with van der Waals surface area (Å²) in [6.45, 7) is 7.80. The second-order valence-electron chi connectivity index (χ2n) is 4.28. The summed E-state index contributed by atoms with van der Waals surface area (Å²) in [4.78, 5) is 11.6. The van der Waals surface area contributed by atoms with Crippen molar-refractivity contribution in [3.05, 3.63) is 18.0 Å². The summed E-state index contributed by atoms with van der Waals surface area (Å²) in [6, 6.07) is 0.440. The number of rotatable bonds is 7. The van der Waals surface area contributed by atoms with Gasteiger partial charge in [0.2, 0.25) is 0 Å². The second-order valence-corrected chi connectivity index (χ2v) is 4.28. The van der Waals surface area contributed by atoms with E-state index in [1.807, 2.05) is 17.8 Å². The van der Waals surface area contributed by atoms with E-state index in [1.165, 1.54) is 0 Å². The molecule has 0 aliphatic heterocycles. The molecule has 1 rings (SSSR count). The fraction of sp³-hybridized carbons (Fsp3) is 0.667. The normalized spacial score (nSPS) is 11.0. The first-order valence-corrected chi connectivity index (χ1v) is 5.88. The molecule has 0 saturated heterocycles. The molecule has 0 bridgehead atoms. The summed E-state index contributed by atoms with van der Waals surface area (Å²) in [5, 5.41) is 7.38. The fourth-order valence-electron chi connectivity index (χ4n) is 1.49. The van der Waals surface area contributed by atoms with E-state index in [1.54, 1.807) is 6.20 Å². The highest BCUT2D eigenvalue weighted by Gasteiger charge is 2.05. The molecule has 1 heterocycles. The first-order valence-electron chi connectivity index (χ1n) is 5.88. The number of Topliss-reactive ketones (excluding diaryl/α,β-unsaturated/α-hetero) is 1. The second kappa shape index (κ2) is 6.43. The summed E-state index contributed by atoms with van der Waals surface area (Å²) in [5.74, 6) is 0.267. The molecule has 0 spiro atoms. The molecule has 0 aliphatic rings. The van der Waals surface area contributed by atoms with E-state index >= 15 is 0 Å². The summed E-state index contributed by atoms with van der Waals surface area (Å²) < 4.78 is 1.84. The van der Waals surface area contributed by atoms with Gasteiger partial charge >= 0.3 is 0 Å². The fourth-order valence-corrected chi connectivity index (χ4v) is 1.49. The van der Waals surface area contributed by atoms with Gasteiger partial charge in [0.1, 0.15) is 5.78 Å². The number of aromatic nitrogens is 2. The van der Waals surface area contributed by atoms with Crippen molar-refractivity contribution in [3.8, 4) is 0 Å². The lowest BCUT2D eigenvalue weighted by molar-refractivity contribution is -0.118. The predicted octanol–water partition coefficient (Wildman–Crippen LogP) is 1.40. The minimum absolute atomic E-state index is 0.267. The van der Waals surface area contributed by atoms with Crippen molar-refractivity contribution in [2.45, 2.75) is 46.2 Å². The lowest BCUT2D eigenvalue weighted by atomic mass is 10.1. The topological polar surface area (TPSA) is 46.9 Å². The van der Waals surface area contributed by atoms with E-state index in [-0.39, 0.29) is 5.78 Å². The zero-order valence-corrected chi connectivity index (χ0v) is 10.4. The molecule has 0 saturated carbocycles. The van der Waals surface area contributed by atoms with Crippen LogP contribution in [0, 0.1) is 0 Å². The molecular formula is C12H21N3O. The van der Waals surface area contributed by atoms with Gasteiger partial charge in [-0.15, -0.1) is 0 Å². The molecule has 16 heavy (non-hydrogen) atoms. The summed E-state index contributed by atoms with van der Waals surface area (Å²) in [6.07, 6.45) is 4.81. The first kappa shape index (κ1) is 12.9. The molecule has 0 unspecified atom stereocenters. The number of hydrogen-bond donors (Lipinski definition) is 1. The third-order valence-corrected chi connectivity index (χ3v) is 2.37. The third-order valence-electron chi connectivity index (χ3n) is 2.37. The van der Waals surface area contributed by atoms with E-state index in [4.69, 9.17) is 0 Å². The molecular weight excluding hydrogens is 202 g/mol. The van der Waals surface area contributed by atoms with E-state index in [0.29, 0.717) is 18.9 Å². The maximum absolute atomic E-state index is 11.6. The molecule has 1 aromatic rings. The van der Waals surface area contributed by atoms with Crippen LogP contribution in [0.5, 0.6) is 0 Å². The number of nitrogens with one attached hydrogen (secondary N) is 1. The maximum Gasteiger partial charge on any atom is 0.138 e. The van der Waals surface area contributed by atoms with Crippen molar-refractivity contribution >= 4 is 5.78 Å². The van der Waals surface area contributed by atoms with Crippen molar-refractivity contribution in [2.24, 2.45) is 0 Å². The zero-order valence-electron chi connectivity index (χ0n) is 10.4. The summed E-state index contributed by atoms with van der Waals surface area (Å²) in [5.41, 5.74) is 1.01. The number of hydrogen-bond acceptors (Lipinski definition) is 3. The van der Waals surface area contributed by atoms with Crippen LogP contribution in [-0.4, -0.2) is 28.2 Å². The average Bonchev–Trinajstić information content (AvgIpc) is 2.65. The van der Waals surface area contributed by atoms with Crippen molar-refractivity contribution in [1.82, 2.24) is 15.1 Å². The van der Waals surface area contributed by atoms with Crippen LogP contribution in [0.1, 0.15) is 32.8 Å². The first-order chi connectivity index (χ1) is 7.61. The van der Waals surface area contributed by atoms with Gasteiger partial charge in [-0.05, 0) is 12.5 Å². The van der Waals surface area contributed by atoms with Gasteiger partial charge in [0.15, 0.2) is 0 Å².